The fourth-order valence-corrected chi connectivity index (χ4v) is 4.75. The summed E-state index contributed by atoms with van der Waals surface area (Å²) in [4.78, 5) is 23.5. The van der Waals surface area contributed by atoms with Crippen LogP contribution in [-0.2, 0) is 9.59 Å². The lowest BCUT2D eigenvalue weighted by Crippen LogP contribution is -2.41. The van der Waals surface area contributed by atoms with Crippen molar-refractivity contribution in [3.05, 3.63) is 65.2 Å². The zero-order valence-corrected chi connectivity index (χ0v) is 16.5. The van der Waals surface area contributed by atoms with Gasteiger partial charge in [0, 0.05) is 23.5 Å². The first-order valence-corrected chi connectivity index (χ1v) is 10.3. The van der Waals surface area contributed by atoms with Crippen molar-refractivity contribution in [3.8, 4) is 0 Å². The number of amides is 1. The highest BCUT2D eigenvalue weighted by molar-refractivity contribution is 7.99. The fourth-order valence-electron chi connectivity index (χ4n) is 3.77. The molecule has 0 radical (unpaired) electrons. The van der Waals surface area contributed by atoms with Crippen LogP contribution in [-0.4, -0.2) is 28.8 Å². The van der Waals surface area contributed by atoms with E-state index < -0.39 is 12.0 Å². The number of thioether (sulfide) groups is 1. The molecule has 2 N–H and O–H groups in total. The van der Waals surface area contributed by atoms with Crippen molar-refractivity contribution in [2.75, 3.05) is 5.75 Å². The summed E-state index contributed by atoms with van der Waals surface area (Å²) in [6.07, 6.45) is 2.29. The normalized spacial score (nSPS) is 19.8. The second-order valence-corrected chi connectivity index (χ2v) is 8.23. The van der Waals surface area contributed by atoms with Crippen molar-refractivity contribution in [1.29, 1.82) is 0 Å². The third kappa shape index (κ3) is 4.72. The molecule has 1 amide bonds. The summed E-state index contributed by atoms with van der Waals surface area (Å²) in [5.74, 6) is -0.0716. The van der Waals surface area contributed by atoms with Gasteiger partial charge in [-0.15, -0.1) is 11.8 Å². The molecule has 1 aliphatic rings. The van der Waals surface area contributed by atoms with Gasteiger partial charge >= 0.3 is 5.97 Å². The summed E-state index contributed by atoms with van der Waals surface area (Å²) in [6.45, 7) is 3.62. The topological polar surface area (TPSA) is 66.4 Å². The van der Waals surface area contributed by atoms with Crippen molar-refractivity contribution < 1.29 is 14.7 Å². The average molecular weight is 384 g/mol. The van der Waals surface area contributed by atoms with Gasteiger partial charge in [0.05, 0.1) is 0 Å². The van der Waals surface area contributed by atoms with Crippen molar-refractivity contribution >= 4 is 23.6 Å². The number of aliphatic carboxylic acids is 1. The van der Waals surface area contributed by atoms with Crippen LogP contribution >= 0.6 is 11.8 Å². The molecule has 5 heteroatoms. The number of carboxylic acid groups (broad SMARTS) is 1. The third-order valence-corrected chi connectivity index (χ3v) is 6.23. The van der Waals surface area contributed by atoms with Gasteiger partial charge in [0.15, 0.2) is 0 Å². The molecule has 0 bridgehead atoms. The Morgan fingerprint density at radius 2 is 1.89 bits per heavy atom. The molecule has 4 nitrogen and oxygen atoms in total. The first-order chi connectivity index (χ1) is 13.0. The van der Waals surface area contributed by atoms with Crippen LogP contribution in [0.5, 0.6) is 0 Å². The van der Waals surface area contributed by atoms with E-state index in [1.165, 1.54) is 41.8 Å². The monoisotopic (exact) mass is 383 g/mol. The largest absolute Gasteiger partial charge is 0.480 e. The van der Waals surface area contributed by atoms with Gasteiger partial charge in [-0.2, -0.15) is 0 Å². The SMILES string of the molecule is CC(=O)N[C@@H](CSc1cccc(C2CC[C@@H](C)c3ccccc32)c1)C(=O)O. The molecule has 1 unspecified atom stereocenters. The molecule has 0 fully saturated rings. The van der Waals surface area contributed by atoms with Crippen LogP contribution in [0.2, 0.25) is 0 Å². The number of hydrogen-bond acceptors (Lipinski definition) is 3. The number of carbonyl (C=O) groups excluding carboxylic acids is 1. The lowest BCUT2D eigenvalue weighted by atomic mass is 9.75. The fraction of sp³-hybridized carbons (Fsp3) is 0.364. The molecule has 0 spiro atoms. The lowest BCUT2D eigenvalue weighted by Gasteiger charge is -2.30. The molecular weight excluding hydrogens is 358 g/mol. The van der Waals surface area contributed by atoms with Gasteiger partial charge in [0.2, 0.25) is 5.91 Å². The van der Waals surface area contributed by atoms with Crippen LogP contribution in [0.3, 0.4) is 0 Å². The van der Waals surface area contributed by atoms with Gasteiger partial charge < -0.3 is 10.4 Å². The van der Waals surface area contributed by atoms with E-state index in [9.17, 15) is 14.7 Å². The first-order valence-electron chi connectivity index (χ1n) is 9.27. The summed E-state index contributed by atoms with van der Waals surface area (Å²) in [6, 6.07) is 16.1. The maximum atomic E-state index is 11.3. The predicted octanol–water partition coefficient (Wildman–Crippen LogP) is 4.40. The molecule has 3 rings (SSSR count). The van der Waals surface area contributed by atoms with E-state index >= 15 is 0 Å². The van der Waals surface area contributed by atoms with Gasteiger partial charge in [0.1, 0.15) is 6.04 Å². The Morgan fingerprint density at radius 3 is 2.59 bits per heavy atom. The van der Waals surface area contributed by atoms with Crippen LogP contribution < -0.4 is 5.32 Å². The first kappa shape index (κ1) is 19.5. The Bertz CT molecular complexity index is 836. The Morgan fingerprint density at radius 1 is 1.15 bits per heavy atom. The predicted molar refractivity (Wildman–Crippen MR) is 108 cm³/mol. The highest BCUT2D eigenvalue weighted by Gasteiger charge is 2.26. The molecule has 0 aromatic heterocycles. The van der Waals surface area contributed by atoms with Crippen molar-refractivity contribution in [2.24, 2.45) is 0 Å². The molecule has 2 aromatic rings. The van der Waals surface area contributed by atoms with E-state index in [0.29, 0.717) is 17.6 Å². The van der Waals surface area contributed by atoms with Crippen molar-refractivity contribution in [1.82, 2.24) is 5.32 Å². The third-order valence-electron chi connectivity index (χ3n) is 5.14. The van der Waals surface area contributed by atoms with Crippen molar-refractivity contribution in [2.45, 2.75) is 49.5 Å². The molecule has 0 aliphatic heterocycles. The summed E-state index contributed by atoms with van der Waals surface area (Å²) in [5.41, 5.74) is 4.11. The molecule has 27 heavy (non-hydrogen) atoms. The van der Waals surface area contributed by atoms with Gasteiger partial charge in [-0.05, 0) is 47.6 Å². The quantitative estimate of drug-likeness (QED) is 0.726. The van der Waals surface area contributed by atoms with E-state index in [0.717, 1.165) is 11.3 Å². The Hall–Kier alpha value is -2.27. The van der Waals surface area contributed by atoms with E-state index in [4.69, 9.17) is 0 Å². The van der Waals surface area contributed by atoms with Crippen LogP contribution in [0.1, 0.15) is 55.2 Å². The average Bonchev–Trinajstić information content (AvgIpc) is 2.65. The summed E-state index contributed by atoms with van der Waals surface area (Å²) >= 11 is 1.46. The molecule has 2 aromatic carbocycles. The summed E-state index contributed by atoms with van der Waals surface area (Å²) < 4.78 is 0. The van der Waals surface area contributed by atoms with E-state index in [2.05, 4.69) is 48.6 Å². The van der Waals surface area contributed by atoms with E-state index in [-0.39, 0.29) is 5.91 Å². The molecule has 1 aliphatic carbocycles. The number of nitrogens with one attached hydrogen (secondary N) is 1. The Kier molecular flexibility index (Phi) is 6.22. The van der Waals surface area contributed by atoms with Gasteiger partial charge in [-0.25, -0.2) is 4.79 Å². The van der Waals surface area contributed by atoms with Crippen molar-refractivity contribution in [3.63, 3.8) is 0 Å². The minimum atomic E-state index is -1.01. The maximum Gasteiger partial charge on any atom is 0.327 e. The molecule has 0 heterocycles. The second kappa shape index (κ2) is 8.61. The number of rotatable bonds is 6. The molecule has 0 saturated heterocycles. The Labute approximate surface area is 164 Å². The minimum absolute atomic E-state index is 0.302. The highest BCUT2D eigenvalue weighted by atomic mass is 32.2. The number of fused-ring (bicyclic) bond motifs is 1. The standard InChI is InChI=1S/C22H25NO3S/c1-14-10-11-19(20-9-4-3-8-18(14)20)16-6-5-7-17(12-16)27-13-21(22(25)26)23-15(2)24/h3-9,12,14,19,21H,10-11,13H2,1-2H3,(H,23,24)(H,25,26)/t14-,19?,21+/m1/s1. The number of benzene rings is 2. The van der Waals surface area contributed by atoms with Gasteiger partial charge in [-0.1, -0.05) is 43.3 Å². The molecule has 142 valence electrons. The van der Waals surface area contributed by atoms with E-state index in [1.807, 2.05) is 12.1 Å². The smallest absolute Gasteiger partial charge is 0.327 e. The minimum Gasteiger partial charge on any atom is -0.480 e. The molecular formula is C22H25NO3S. The van der Waals surface area contributed by atoms with Crippen LogP contribution in [0, 0.1) is 0 Å². The Balaban J connectivity index is 1.77. The summed E-state index contributed by atoms with van der Waals surface area (Å²) in [7, 11) is 0. The van der Waals surface area contributed by atoms with Gasteiger partial charge in [-0.3, -0.25) is 4.79 Å². The number of hydrogen-bond donors (Lipinski definition) is 2. The zero-order valence-electron chi connectivity index (χ0n) is 15.6. The van der Waals surface area contributed by atoms with E-state index in [1.54, 1.807) is 0 Å². The zero-order chi connectivity index (χ0) is 19.4. The van der Waals surface area contributed by atoms with Crippen LogP contribution in [0.15, 0.2) is 53.4 Å². The summed E-state index contributed by atoms with van der Waals surface area (Å²) in [5, 5.41) is 11.8. The second-order valence-electron chi connectivity index (χ2n) is 7.13. The van der Waals surface area contributed by atoms with Crippen LogP contribution in [0.4, 0.5) is 0 Å². The lowest BCUT2D eigenvalue weighted by molar-refractivity contribution is -0.140. The molecule has 3 atom stereocenters. The number of carboxylic acids is 1. The van der Waals surface area contributed by atoms with Gasteiger partial charge in [0.25, 0.3) is 0 Å². The molecule has 0 saturated carbocycles. The number of carbonyl (C=O) groups is 2. The van der Waals surface area contributed by atoms with Crippen LogP contribution in [0.25, 0.3) is 0 Å². The highest BCUT2D eigenvalue weighted by Crippen LogP contribution is 2.42. The maximum absolute atomic E-state index is 11.3.